The SMILES string of the molecule is CC(NCc1ccco1)c1ccc2c(c1)Cc1ccccc1-2. The van der Waals surface area contributed by atoms with E-state index in [1.165, 1.54) is 27.8 Å². The zero-order chi connectivity index (χ0) is 14.9. The normalized spacial score (nSPS) is 13.7. The second-order valence-corrected chi connectivity index (χ2v) is 5.93. The van der Waals surface area contributed by atoms with Crippen molar-refractivity contribution in [1.29, 1.82) is 0 Å². The van der Waals surface area contributed by atoms with E-state index < -0.39 is 0 Å². The molecule has 1 unspecified atom stereocenters. The van der Waals surface area contributed by atoms with Gasteiger partial charge >= 0.3 is 0 Å². The van der Waals surface area contributed by atoms with E-state index in [-0.39, 0.29) is 0 Å². The minimum absolute atomic E-state index is 0.305. The summed E-state index contributed by atoms with van der Waals surface area (Å²) in [6.07, 6.45) is 2.76. The highest BCUT2D eigenvalue weighted by molar-refractivity contribution is 5.76. The molecule has 1 atom stereocenters. The fourth-order valence-electron chi connectivity index (χ4n) is 3.22. The number of rotatable bonds is 4. The maximum absolute atomic E-state index is 5.37. The molecule has 1 heterocycles. The van der Waals surface area contributed by atoms with Crippen LogP contribution in [0.3, 0.4) is 0 Å². The third-order valence-electron chi connectivity index (χ3n) is 4.48. The molecule has 22 heavy (non-hydrogen) atoms. The lowest BCUT2D eigenvalue weighted by Crippen LogP contribution is -2.17. The van der Waals surface area contributed by atoms with E-state index in [9.17, 15) is 0 Å². The van der Waals surface area contributed by atoms with Crippen molar-refractivity contribution in [3.63, 3.8) is 0 Å². The predicted octanol–water partition coefficient (Wildman–Crippen LogP) is 4.70. The molecule has 1 aromatic heterocycles. The van der Waals surface area contributed by atoms with Gasteiger partial charge in [-0.3, -0.25) is 0 Å². The van der Waals surface area contributed by atoms with Crippen molar-refractivity contribution in [3.8, 4) is 11.1 Å². The Hall–Kier alpha value is -2.32. The zero-order valence-corrected chi connectivity index (χ0v) is 12.7. The highest BCUT2D eigenvalue weighted by Crippen LogP contribution is 2.37. The van der Waals surface area contributed by atoms with Gasteiger partial charge in [0.2, 0.25) is 0 Å². The maximum atomic E-state index is 5.37. The van der Waals surface area contributed by atoms with Crippen molar-refractivity contribution in [1.82, 2.24) is 5.32 Å². The molecule has 1 N–H and O–H groups in total. The molecule has 0 fully saturated rings. The van der Waals surface area contributed by atoms with Crippen LogP contribution in [-0.2, 0) is 13.0 Å². The first-order valence-corrected chi connectivity index (χ1v) is 7.78. The molecule has 1 aliphatic carbocycles. The van der Waals surface area contributed by atoms with E-state index in [0.717, 1.165) is 18.7 Å². The van der Waals surface area contributed by atoms with Crippen LogP contribution in [0.15, 0.2) is 65.3 Å². The molecule has 0 amide bonds. The van der Waals surface area contributed by atoms with Gasteiger partial charge in [-0.15, -0.1) is 0 Å². The van der Waals surface area contributed by atoms with Gasteiger partial charge in [-0.25, -0.2) is 0 Å². The smallest absolute Gasteiger partial charge is 0.117 e. The molecule has 0 spiro atoms. The van der Waals surface area contributed by atoms with Crippen LogP contribution in [0.4, 0.5) is 0 Å². The summed E-state index contributed by atoms with van der Waals surface area (Å²) in [5.74, 6) is 0.973. The Balaban J connectivity index is 1.54. The summed E-state index contributed by atoms with van der Waals surface area (Å²) in [6, 6.07) is 19.8. The molecule has 110 valence electrons. The van der Waals surface area contributed by atoms with Gasteiger partial charge in [0.15, 0.2) is 0 Å². The van der Waals surface area contributed by atoms with Crippen molar-refractivity contribution < 1.29 is 4.42 Å². The lowest BCUT2D eigenvalue weighted by molar-refractivity contribution is 0.460. The van der Waals surface area contributed by atoms with Gasteiger partial charge in [0, 0.05) is 6.04 Å². The molecule has 2 aromatic carbocycles. The highest BCUT2D eigenvalue weighted by atomic mass is 16.3. The van der Waals surface area contributed by atoms with E-state index in [1.54, 1.807) is 6.26 Å². The fraction of sp³-hybridized carbons (Fsp3) is 0.200. The lowest BCUT2D eigenvalue weighted by Gasteiger charge is -2.15. The second kappa shape index (κ2) is 5.47. The summed E-state index contributed by atoms with van der Waals surface area (Å²) in [7, 11) is 0. The Morgan fingerprint density at radius 2 is 1.86 bits per heavy atom. The van der Waals surface area contributed by atoms with Crippen molar-refractivity contribution in [2.45, 2.75) is 25.9 Å². The molecular formula is C20H19NO. The summed E-state index contributed by atoms with van der Waals surface area (Å²) in [6.45, 7) is 2.96. The number of hydrogen-bond acceptors (Lipinski definition) is 2. The summed E-state index contributed by atoms with van der Waals surface area (Å²) >= 11 is 0. The summed E-state index contributed by atoms with van der Waals surface area (Å²) in [5, 5.41) is 3.52. The Morgan fingerprint density at radius 3 is 2.73 bits per heavy atom. The Kier molecular flexibility index (Phi) is 3.32. The molecule has 2 heteroatoms. The highest BCUT2D eigenvalue weighted by Gasteiger charge is 2.18. The van der Waals surface area contributed by atoms with Crippen LogP contribution >= 0.6 is 0 Å². The number of nitrogens with one attached hydrogen (secondary N) is 1. The maximum Gasteiger partial charge on any atom is 0.117 e. The standard InChI is InChI=1S/C20H19NO/c1-14(21-13-18-6-4-10-22-18)15-8-9-20-17(11-15)12-16-5-2-3-7-19(16)20/h2-11,14,21H,12-13H2,1H3. The van der Waals surface area contributed by atoms with Crippen LogP contribution in [-0.4, -0.2) is 0 Å². The summed E-state index contributed by atoms with van der Waals surface area (Å²) < 4.78 is 5.37. The van der Waals surface area contributed by atoms with E-state index in [0.29, 0.717) is 6.04 Å². The molecule has 3 aromatic rings. The lowest BCUT2D eigenvalue weighted by atomic mass is 10.0. The van der Waals surface area contributed by atoms with Gasteiger partial charge in [0.25, 0.3) is 0 Å². The number of hydrogen-bond donors (Lipinski definition) is 1. The average molecular weight is 289 g/mol. The molecule has 1 aliphatic rings. The van der Waals surface area contributed by atoms with Crippen LogP contribution in [0.1, 0.15) is 35.4 Å². The zero-order valence-electron chi connectivity index (χ0n) is 12.7. The van der Waals surface area contributed by atoms with Gasteiger partial charge in [-0.05, 0) is 53.3 Å². The number of benzene rings is 2. The van der Waals surface area contributed by atoms with Crippen molar-refractivity contribution in [3.05, 3.63) is 83.3 Å². The molecule has 0 saturated heterocycles. The summed E-state index contributed by atoms with van der Waals surface area (Å²) in [5.41, 5.74) is 6.98. The van der Waals surface area contributed by atoms with Crippen LogP contribution in [0.5, 0.6) is 0 Å². The predicted molar refractivity (Wildman–Crippen MR) is 88.6 cm³/mol. The Morgan fingerprint density at radius 1 is 1.00 bits per heavy atom. The molecule has 0 aliphatic heterocycles. The number of furan rings is 1. The van der Waals surface area contributed by atoms with Crippen LogP contribution in [0.2, 0.25) is 0 Å². The first-order chi connectivity index (χ1) is 10.8. The van der Waals surface area contributed by atoms with E-state index in [4.69, 9.17) is 4.42 Å². The third-order valence-corrected chi connectivity index (χ3v) is 4.48. The Labute approximate surface area is 130 Å². The van der Waals surface area contributed by atoms with E-state index in [1.807, 2.05) is 12.1 Å². The largest absolute Gasteiger partial charge is 0.468 e. The van der Waals surface area contributed by atoms with Crippen LogP contribution in [0, 0.1) is 0 Å². The molecule has 0 bridgehead atoms. The van der Waals surface area contributed by atoms with Crippen molar-refractivity contribution >= 4 is 0 Å². The molecule has 2 nitrogen and oxygen atoms in total. The van der Waals surface area contributed by atoms with Gasteiger partial charge in [0.1, 0.15) is 5.76 Å². The fourth-order valence-corrected chi connectivity index (χ4v) is 3.22. The average Bonchev–Trinajstić information content (AvgIpc) is 3.19. The monoisotopic (exact) mass is 289 g/mol. The summed E-state index contributed by atoms with van der Waals surface area (Å²) in [4.78, 5) is 0. The molecule has 0 saturated carbocycles. The molecular weight excluding hydrogens is 270 g/mol. The number of fused-ring (bicyclic) bond motifs is 3. The first kappa shape index (κ1) is 13.4. The minimum Gasteiger partial charge on any atom is -0.468 e. The second-order valence-electron chi connectivity index (χ2n) is 5.93. The van der Waals surface area contributed by atoms with Gasteiger partial charge in [0.05, 0.1) is 12.8 Å². The first-order valence-electron chi connectivity index (χ1n) is 7.78. The van der Waals surface area contributed by atoms with E-state index in [2.05, 4.69) is 54.7 Å². The van der Waals surface area contributed by atoms with Crippen molar-refractivity contribution in [2.24, 2.45) is 0 Å². The van der Waals surface area contributed by atoms with E-state index >= 15 is 0 Å². The van der Waals surface area contributed by atoms with Gasteiger partial charge in [-0.1, -0.05) is 42.5 Å². The quantitative estimate of drug-likeness (QED) is 0.589. The van der Waals surface area contributed by atoms with Crippen molar-refractivity contribution in [2.75, 3.05) is 0 Å². The van der Waals surface area contributed by atoms with Gasteiger partial charge < -0.3 is 9.73 Å². The Bertz CT molecular complexity index is 789. The van der Waals surface area contributed by atoms with Crippen LogP contribution < -0.4 is 5.32 Å². The third kappa shape index (κ3) is 2.36. The molecule has 0 radical (unpaired) electrons. The minimum atomic E-state index is 0.305. The van der Waals surface area contributed by atoms with Gasteiger partial charge in [-0.2, -0.15) is 0 Å². The molecule has 4 rings (SSSR count). The van der Waals surface area contributed by atoms with Crippen LogP contribution in [0.25, 0.3) is 11.1 Å². The topological polar surface area (TPSA) is 25.2 Å².